The first-order chi connectivity index (χ1) is 13.7. The second-order valence-corrected chi connectivity index (χ2v) is 7.85. The number of aliphatic imine (C=N–C) groups is 1. The molecule has 0 aromatic heterocycles. The number of amidine groups is 1. The van der Waals surface area contributed by atoms with E-state index in [2.05, 4.69) is 4.99 Å². The summed E-state index contributed by atoms with van der Waals surface area (Å²) in [5.41, 5.74) is -0.207. The smallest absolute Gasteiger partial charge is 0.416 e. The van der Waals surface area contributed by atoms with E-state index in [0.717, 1.165) is 12.1 Å². The van der Waals surface area contributed by atoms with Crippen molar-refractivity contribution in [3.8, 4) is 5.75 Å². The lowest BCUT2D eigenvalue weighted by molar-refractivity contribution is -0.137. The molecule has 29 heavy (non-hydrogen) atoms. The predicted molar refractivity (Wildman–Crippen MR) is 109 cm³/mol. The quantitative estimate of drug-likeness (QED) is 0.587. The van der Waals surface area contributed by atoms with Crippen molar-refractivity contribution in [2.45, 2.75) is 11.9 Å². The number of thioether (sulfide) groups is 1. The molecule has 0 saturated carbocycles. The van der Waals surface area contributed by atoms with Crippen molar-refractivity contribution in [2.24, 2.45) is 4.99 Å². The third-order valence-corrected chi connectivity index (χ3v) is 5.59. The SMILES string of the molecule is O=C(COc1ccc(Cl)cc1Cl)N1CCN=C1SCc1cccc(C(F)(F)F)c1. The highest BCUT2D eigenvalue weighted by Crippen LogP contribution is 2.31. The fourth-order valence-electron chi connectivity index (χ4n) is 2.58. The predicted octanol–water partition coefficient (Wildman–Crippen LogP) is 5.52. The Morgan fingerprint density at radius 2 is 2.00 bits per heavy atom. The van der Waals surface area contributed by atoms with Crippen LogP contribution < -0.4 is 4.74 Å². The van der Waals surface area contributed by atoms with Crippen LogP contribution in [0.25, 0.3) is 0 Å². The van der Waals surface area contributed by atoms with Gasteiger partial charge in [-0.3, -0.25) is 14.7 Å². The molecule has 0 unspecified atom stereocenters. The molecule has 1 aliphatic rings. The summed E-state index contributed by atoms with van der Waals surface area (Å²) >= 11 is 13.1. The molecule has 0 fully saturated rings. The standard InChI is InChI=1S/C19H15Cl2F3N2O2S/c20-14-4-5-16(15(21)9-14)28-10-17(27)26-7-6-25-18(26)29-11-12-2-1-3-13(8-12)19(22,23)24/h1-5,8-9H,6-7,10-11H2. The number of carbonyl (C=O) groups is 1. The minimum atomic E-state index is -4.40. The lowest BCUT2D eigenvalue weighted by Crippen LogP contribution is -2.36. The number of rotatable bonds is 5. The molecule has 0 radical (unpaired) electrons. The van der Waals surface area contributed by atoms with Gasteiger partial charge < -0.3 is 4.74 Å². The molecule has 0 saturated heterocycles. The van der Waals surface area contributed by atoms with Crippen LogP contribution in [0.15, 0.2) is 47.5 Å². The zero-order chi connectivity index (χ0) is 21.0. The Morgan fingerprint density at radius 3 is 2.72 bits per heavy atom. The lowest BCUT2D eigenvalue weighted by Gasteiger charge is -2.18. The number of ether oxygens (including phenoxy) is 1. The summed E-state index contributed by atoms with van der Waals surface area (Å²) in [4.78, 5) is 18.2. The van der Waals surface area contributed by atoms with Crippen molar-refractivity contribution < 1.29 is 22.7 Å². The van der Waals surface area contributed by atoms with Crippen LogP contribution in [0.4, 0.5) is 13.2 Å². The van der Waals surface area contributed by atoms with Crippen LogP contribution >= 0.6 is 35.0 Å². The molecule has 2 aromatic rings. The van der Waals surface area contributed by atoms with E-state index in [1.54, 1.807) is 18.2 Å². The number of alkyl halides is 3. The summed E-state index contributed by atoms with van der Waals surface area (Å²) in [6, 6.07) is 9.77. The van der Waals surface area contributed by atoms with Crippen molar-refractivity contribution in [1.29, 1.82) is 0 Å². The highest BCUT2D eigenvalue weighted by atomic mass is 35.5. The fraction of sp³-hybridized carbons (Fsp3) is 0.263. The molecular formula is C19H15Cl2F3N2O2S. The molecule has 0 bridgehead atoms. The number of halogens is 5. The first kappa shape index (κ1) is 21.8. The Morgan fingerprint density at radius 1 is 1.21 bits per heavy atom. The first-order valence-electron chi connectivity index (χ1n) is 8.45. The number of benzene rings is 2. The van der Waals surface area contributed by atoms with Crippen LogP contribution in [0.5, 0.6) is 5.75 Å². The summed E-state index contributed by atoms with van der Waals surface area (Å²) in [6.45, 7) is 0.574. The van der Waals surface area contributed by atoms with Gasteiger partial charge in [0.1, 0.15) is 5.75 Å². The second-order valence-electron chi connectivity index (χ2n) is 6.06. The van der Waals surface area contributed by atoms with Gasteiger partial charge in [0, 0.05) is 17.3 Å². The van der Waals surface area contributed by atoms with Crippen molar-refractivity contribution in [2.75, 3.05) is 19.7 Å². The van der Waals surface area contributed by atoms with Gasteiger partial charge in [-0.25, -0.2) is 0 Å². The molecule has 0 aliphatic carbocycles. The third kappa shape index (κ3) is 5.81. The Hall–Kier alpha value is -1.90. The van der Waals surface area contributed by atoms with Gasteiger partial charge in [-0.1, -0.05) is 53.2 Å². The van der Waals surface area contributed by atoms with E-state index in [1.807, 2.05) is 0 Å². The molecule has 154 valence electrons. The highest BCUT2D eigenvalue weighted by Gasteiger charge is 2.30. The Bertz CT molecular complexity index is 938. The average Bonchev–Trinajstić information content (AvgIpc) is 3.14. The van der Waals surface area contributed by atoms with Gasteiger partial charge in [-0.05, 0) is 29.8 Å². The second kappa shape index (κ2) is 9.28. The third-order valence-electron chi connectivity index (χ3n) is 3.97. The molecule has 0 spiro atoms. The number of nitrogens with zero attached hydrogens (tertiary/aromatic N) is 2. The molecule has 1 aliphatic heterocycles. The van der Waals surface area contributed by atoms with E-state index in [4.69, 9.17) is 27.9 Å². The summed E-state index contributed by atoms with van der Waals surface area (Å²) < 4.78 is 44.0. The maximum Gasteiger partial charge on any atom is 0.416 e. The maximum absolute atomic E-state index is 12.8. The van der Waals surface area contributed by atoms with E-state index in [0.29, 0.717) is 39.6 Å². The van der Waals surface area contributed by atoms with Gasteiger partial charge in [0.15, 0.2) is 11.8 Å². The van der Waals surface area contributed by atoms with Crippen LogP contribution in [0.3, 0.4) is 0 Å². The van der Waals surface area contributed by atoms with Crippen LogP contribution in [-0.2, 0) is 16.7 Å². The Labute approximate surface area is 179 Å². The number of hydrogen-bond acceptors (Lipinski definition) is 4. The molecule has 1 heterocycles. The van der Waals surface area contributed by atoms with Gasteiger partial charge in [0.05, 0.1) is 17.1 Å². The molecule has 0 N–H and O–H groups in total. The van der Waals surface area contributed by atoms with Crippen molar-refractivity contribution >= 4 is 46.0 Å². The van der Waals surface area contributed by atoms with Gasteiger partial charge in [0.2, 0.25) is 0 Å². The van der Waals surface area contributed by atoms with Gasteiger partial charge >= 0.3 is 6.18 Å². The largest absolute Gasteiger partial charge is 0.482 e. The lowest BCUT2D eigenvalue weighted by atomic mass is 10.1. The van der Waals surface area contributed by atoms with E-state index in [9.17, 15) is 18.0 Å². The number of hydrogen-bond donors (Lipinski definition) is 0. The first-order valence-corrected chi connectivity index (χ1v) is 10.2. The van der Waals surface area contributed by atoms with Gasteiger partial charge in [-0.2, -0.15) is 13.2 Å². The Balaban J connectivity index is 1.57. The summed E-state index contributed by atoms with van der Waals surface area (Å²) in [5.74, 6) is 0.277. The van der Waals surface area contributed by atoms with Crippen LogP contribution in [-0.4, -0.2) is 35.7 Å². The average molecular weight is 463 g/mol. The number of carbonyl (C=O) groups excluding carboxylic acids is 1. The zero-order valence-corrected chi connectivity index (χ0v) is 17.2. The van der Waals surface area contributed by atoms with Gasteiger partial charge in [-0.15, -0.1) is 0 Å². The van der Waals surface area contributed by atoms with E-state index in [-0.39, 0.29) is 18.3 Å². The van der Waals surface area contributed by atoms with Gasteiger partial charge in [0.25, 0.3) is 5.91 Å². The number of amides is 1. The molecule has 3 rings (SSSR count). The van der Waals surface area contributed by atoms with E-state index < -0.39 is 11.7 Å². The normalized spacial score (nSPS) is 14.1. The van der Waals surface area contributed by atoms with Crippen molar-refractivity contribution in [3.63, 3.8) is 0 Å². The fourth-order valence-corrected chi connectivity index (χ4v) is 4.05. The molecule has 1 amide bonds. The maximum atomic E-state index is 12.8. The molecule has 4 nitrogen and oxygen atoms in total. The minimum Gasteiger partial charge on any atom is -0.482 e. The van der Waals surface area contributed by atoms with Crippen LogP contribution in [0.2, 0.25) is 10.0 Å². The highest BCUT2D eigenvalue weighted by molar-refractivity contribution is 8.13. The molecular weight excluding hydrogens is 448 g/mol. The zero-order valence-electron chi connectivity index (χ0n) is 14.9. The molecule has 10 heteroatoms. The monoisotopic (exact) mass is 462 g/mol. The summed E-state index contributed by atoms with van der Waals surface area (Å²) in [7, 11) is 0. The van der Waals surface area contributed by atoms with E-state index in [1.165, 1.54) is 28.8 Å². The summed E-state index contributed by atoms with van der Waals surface area (Å²) in [5, 5.41) is 1.20. The van der Waals surface area contributed by atoms with Crippen molar-refractivity contribution in [3.05, 3.63) is 63.6 Å². The molecule has 2 aromatic carbocycles. The van der Waals surface area contributed by atoms with Crippen LogP contribution in [0, 0.1) is 0 Å². The Kier molecular flexibility index (Phi) is 6.97. The van der Waals surface area contributed by atoms with Crippen molar-refractivity contribution in [1.82, 2.24) is 4.90 Å². The topological polar surface area (TPSA) is 41.9 Å². The van der Waals surface area contributed by atoms with Crippen LogP contribution in [0.1, 0.15) is 11.1 Å². The minimum absolute atomic E-state index is 0.246. The molecule has 0 atom stereocenters. The van der Waals surface area contributed by atoms with E-state index >= 15 is 0 Å². The summed E-state index contributed by atoms with van der Waals surface area (Å²) in [6.07, 6.45) is -4.40.